The van der Waals surface area contributed by atoms with E-state index in [1.165, 1.54) is 0 Å². The first-order chi connectivity index (χ1) is 9.76. The Morgan fingerprint density at radius 1 is 1.30 bits per heavy atom. The van der Waals surface area contributed by atoms with Gasteiger partial charge in [0, 0.05) is 36.9 Å². The van der Waals surface area contributed by atoms with Gasteiger partial charge in [-0.15, -0.1) is 0 Å². The molecule has 1 N–H and O–H groups in total. The average molecular weight is 268 g/mol. The number of methoxy groups -OCH3 is 1. The number of benzene rings is 1. The molecule has 0 aliphatic rings. The zero-order valence-electron chi connectivity index (χ0n) is 11.5. The zero-order valence-corrected chi connectivity index (χ0v) is 11.5. The van der Waals surface area contributed by atoms with Gasteiger partial charge in [-0.1, -0.05) is 6.07 Å². The van der Waals surface area contributed by atoms with E-state index in [0.29, 0.717) is 6.54 Å². The fraction of sp³-hybridized carbons (Fsp3) is 0.200. The van der Waals surface area contributed by atoms with E-state index in [2.05, 4.69) is 15.4 Å². The molecule has 0 saturated carbocycles. The first-order valence-electron chi connectivity index (χ1n) is 6.40. The lowest BCUT2D eigenvalue weighted by atomic mass is 10.1. The largest absolute Gasteiger partial charge is 0.497 e. The van der Waals surface area contributed by atoms with Gasteiger partial charge in [0.2, 0.25) is 0 Å². The van der Waals surface area contributed by atoms with E-state index in [-0.39, 0.29) is 0 Å². The van der Waals surface area contributed by atoms with Crippen molar-refractivity contribution >= 4 is 16.6 Å². The predicted molar refractivity (Wildman–Crippen MR) is 78.8 cm³/mol. The van der Waals surface area contributed by atoms with Gasteiger partial charge in [-0.05, 0) is 23.6 Å². The second-order valence-electron chi connectivity index (χ2n) is 4.62. The smallest absolute Gasteiger partial charge is 0.134 e. The third-order valence-corrected chi connectivity index (χ3v) is 3.19. The first-order valence-corrected chi connectivity index (χ1v) is 6.40. The molecule has 102 valence electrons. The number of hydrogen-bond acceptors (Lipinski definition) is 4. The standard InChI is InChI=1S/C15H16N4O/c1-19-10-11(9-18-19)8-17-15-14-7-13(20-2)4-3-12(14)5-6-16-15/h3-7,9-10H,8H2,1-2H3,(H,16,17). The first kappa shape index (κ1) is 12.5. The summed E-state index contributed by atoms with van der Waals surface area (Å²) in [5.74, 6) is 1.68. The van der Waals surface area contributed by atoms with Gasteiger partial charge in [-0.2, -0.15) is 5.10 Å². The van der Waals surface area contributed by atoms with E-state index in [9.17, 15) is 0 Å². The molecular weight excluding hydrogens is 252 g/mol. The molecule has 20 heavy (non-hydrogen) atoms. The van der Waals surface area contributed by atoms with Crippen LogP contribution in [0.5, 0.6) is 5.75 Å². The Bertz CT molecular complexity index is 736. The minimum Gasteiger partial charge on any atom is -0.497 e. The monoisotopic (exact) mass is 268 g/mol. The second-order valence-corrected chi connectivity index (χ2v) is 4.62. The van der Waals surface area contributed by atoms with Gasteiger partial charge in [0.05, 0.1) is 13.3 Å². The third-order valence-electron chi connectivity index (χ3n) is 3.19. The number of hydrogen-bond donors (Lipinski definition) is 1. The van der Waals surface area contributed by atoms with E-state index >= 15 is 0 Å². The lowest BCUT2D eigenvalue weighted by Gasteiger charge is -2.09. The maximum absolute atomic E-state index is 5.27. The number of nitrogens with zero attached hydrogens (tertiary/aromatic N) is 3. The number of aromatic nitrogens is 3. The van der Waals surface area contributed by atoms with Crippen LogP contribution in [0, 0.1) is 0 Å². The lowest BCUT2D eigenvalue weighted by Crippen LogP contribution is -2.01. The van der Waals surface area contributed by atoms with Gasteiger partial charge in [0.25, 0.3) is 0 Å². The summed E-state index contributed by atoms with van der Waals surface area (Å²) in [7, 11) is 3.57. The van der Waals surface area contributed by atoms with Crippen LogP contribution in [-0.2, 0) is 13.6 Å². The molecule has 3 aromatic rings. The van der Waals surface area contributed by atoms with Crippen molar-refractivity contribution in [2.24, 2.45) is 7.05 Å². The average Bonchev–Trinajstić information content (AvgIpc) is 2.90. The Morgan fingerprint density at radius 2 is 2.20 bits per heavy atom. The van der Waals surface area contributed by atoms with Gasteiger partial charge in [0.1, 0.15) is 11.6 Å². The fourth-order valence-corrected chi connectivity index (χ4v) is 2.16. The summed E-state index contributed by atoms with van der Waals surface area (Å²) in [4.78, 5) is 4.41. The van der Waals surface area contributed by atoms with Crippen LogP contribution in [0.4, 0.5) is 5.82 Å². The molecule has 0 radical (unpaired) electrons. The Morgan fingerprint density at radius 3 is 2.95 bits per heavy atom. The summed E-state index contributed by atoms with van der Waals surface area (Å²) in [6.07, 6.45) is 5.64. The molecule has 0 aliphatic carbocycles. The summed E-state index contributed by atoms with van der Waals surface area (Å²) < 4.78 is 7.06. The third kappa shape index (κ3) is 2.42. The summed E-state index contributed by atoms with van der Waals surface area (Å²) in [5, 5.41) is 9.69. The highest BCUT2D eigenvalue weighted by Gasteiger charge is 2.04. The van der Waals surface area contributed by atoms with Crippen LogP contribution in [0.3, 0.4) is 0 Å². The molecule has 2 aromatic heterocycles. The Kier molecular flexibility index (Phi) is 3.25. The maximum Gasteiger partial charge on any atom is 0.134 e. The van der Waals surface area contributed by atoms with Crippen molar-refractivity contribution in [3.8, 4) is 5.75 Å². The second kappa shape index (κ2) is 5.21. The molecule has 5 heteroatoms. The van der Waals surface area contributed by atoms with Gasteiger partial charge >= 0.3 is 0 Å². The zero-order chi connectivity index (χ0) is 13.9. The SMILES string of the molecule is COc1ccc2ccnc(NCc3cnn(C)c3)c2c1. The minimum atomic E-state index is 0.692. The molecule has 5 nitrogen and oxygen atoms in total. The van der Waals surface area contributed by atoms with E-state index < -0.39 is 0 Å². The minimum absolute atomic E-state index is 0.692. The van der Waals surface area contributed by atoms with Crippen LogP contribution < -0.4 is 10.1 Å². The lowest BCUT2D eigenvalue weighted by molar-refractivity contribution is 0.415. The normalized spacial score (nSPS) is 10.7. The molecule has 0 amide bonds. The van der Waals surface area contributed by atoms with E-state index in [1.807, 2.05) is 43.7 Å². The maximum atomic E-state index is 5.27. The number of aryl methyl sites for hydroxylation is 1. The number of ether oxygens (including phenoxy) is 1. The highest BCUT2D eigenvalue weighted by Crippen LogP contribution is 2.25. The van der Waals surface area contributed by atoms with Crippen LogP contribution in [0.2, 0.25) is 0 Å². The molecule has 1 aromatic carbocycles. The molecule has 0 unspecified atom stereocenters. The van der Waals surface area contributed by atoms with Gasteiger partial charge in [0.15, 0.2) is 0 Å². The van der Waals surface area contributed by atoms with Crippen molar-refractivity contribution < 1.29 is 4.74 Å². The molecule has 0 spiro atoms. The molecule has 0 atom stereocenters. The van der Waals surface area contributed by atoms with Crippen molar-refractivity contribution in [2.75, 3.05) is 12.4 Å². The number of anilines is 1. The van der Waals surface area contributed by atoms with Crippen LogP contribution >= 0.6 is 0 Å². The molecule has 0 aliphatic heterocycles. The topological polar surface area (TPSA) is 52.0 Å². The van der Waals surface area contributed by atoms with Crippen molar-refractivity contribution in [2.45, 2.75) is 6.54 Å². The van der Waals surface area contributed by atoms with Crippen molar-refractivity contribution in [3.05, 3.63) is 48.4 Å². The van der Waals surface area contributed by atoms with E-state index in [1.54, 1.807) is 18.0 Å². The highest BCUT2D eigenvalue weighted by atomic mass is 16.5. The van der Waals surface area contributed by atoms with Crippen molar-refractivity contribution in [1.29, 1.82) is 0 Å². The molecule has 0 fully saturated rings. The van der Waals surface area contributed by atoms with Gasteiger partial charge in [-0.25, -0.2) is 4.98 Å². The van der Waals surface area contributed by atoms with Gasteiger partial charge in [-0.3, -0.25) is 4.68 Å². The quantitative estimate of drug-likeness (QED) is 0.790. The number of nitrogens with one attached hydrogen (secondary N) is 1. The Labute approximate surface area is 117 Å². The van der Waals surface area contributed by atoms with Crippen LogP contribution in [0.25, 0.3) is 10.8 Å². The van der Waals surface area contributed by atoms with Crippen molar-refractivity contribution in [3.63, 3.8) is 0 Å². The molecular formula is C15H16N4O. The summed E-state index contributed by atoms with van der Waals surface area (Å²) in [6, 6.07) is 7.97. The van der Waals surface area contributed by atoms with E-state index in [0.717, 1.165) is 27.9 Å². The number of pyridine rings is 1. The predicted octanol–water partition coefficient (Wildman–Crippen LogP) is 2.59. The van der Waals surface area contributed by atoms with Crippen molar-refractivity contribution in [1.82, 2.24) is 14.8 Å². The summed E-state index contributed by atoms with van der Waals surface area (Å²) >= 11 is 0. The molecule has 2 heterocycles. The van der Waals surface area contributed by atoms with E-state index in [4.69, 9.17) is 4.74 Å². The molecule has 0 saturated heterocycles. The summed E-state index contributed by atoms with van der Waals surface area (Å²) in [5.41, 5.74) is 1.12. The highest BCUT2D eigenvalue weighted by molar-refractivity contribution is 5.92. The molecule has 3 rings (SSSR count). The Hall–Kier alpha value is -2.56. The fourth-order valence-electron chi connectivity index (χ4n) is 2.16. The number of fused-ring (bicyclic) bond motifs is 1. The Balaban J connectivity index is 1.90. The van der Waals surface area contributed by atoms with Crippen LogP contribution in [0.15, 0.2) is 42.9 Å². The van der Waals surface area contributed by atoms with Crippen LogP contribution in [0.1, 0.15) is 5.56 Å². The number of rotatable bonds is 4. The van der Waals surface area contributed by atoms with Gasteiger partial charge < -0.3 is 10.1 Å². The molecule has 0 bridgehead atoms. The van der Waals surface area contributed by atoms with Crippen LogP contribution in [-0.4, -0.2) is 21.9 Å². The summed E-state index contributed by atoms with van der Waals surface area (Å²) in [6.45, 7) is 0.692.